The third kappa shape index (κ3) is 4.32. The number of hydrogen-bond acceptors (Lipinski definition) is 2. The summed E-state index contributed by atoms with van der Waals surface area (Å²) in [6.07, 6.45) is 1.63. The number of nitrogens with zero attached hydrogens (tertiary/aromatic N) is 1. The molecule has 0 aromatic heterocycles. The van der Waals surface area contributed by atoms with Crippen molar-refractivity contribution in [3.63, 3.8) is 0 Å². The zero-order chi connectivity index (χ0) is 15.9. The van der Waals surface area contributed by atoms with Crippen molar-refractivity contribution in [2.75, 3.05) is 11.9 Å². The zero-order valence-corrected chi connectivity index (χ0v) is 12.7. The first-order chi connectivity index (χ1) is 10.6. The molecule has 0 saturated carbocycles. The molecule has 0 aliphatic rings. The van der Waals surface area contributed by atoms with Crippen LogP contribution in [-0.2, 0) is 11.2 Å². The Bertz CT molecular complexity index is 638. The number of carboxylic acid groups (broad SMARTS) is 1. The SMILES string of the molecule is [B]=C(c1ccccc1)N(C)c1ccc(CCCC(=O)O)cc1. The van der Waals surface area contributed by atoms with Crippen LogP contribution in [0.2, 0.25) is 0 Å². The monoisotopic (exact) mass is 292 g/mol. The van der Waals surface area contributed by atoms with Crippen LogP contribution in [0.15, 0.2) is 54.6 Å². The van der Waals surface area contributed by atoms with Gasteiger partial charge in [0.25, 0.3) is 0 Å². The van der Waals surface area contributed by atoms with E-state index in [1.54, 1.807) is 0 Å². The molecule has 2 aromatic rings. The van der Waals surface area contributed by atoms with Gasteiger partial charge in [-0.15, -0.1) is 0 Å². The fraction of sp³-hybridized carbons (Fsp3) is 0.222. The van der Waals surface area contributed by atoms with Gasteiger partial charge in [-0.25, -0.2) is 0 Å². The second kappa shape index (κ2) is 7.60. The summed E-state index contributed by atoms with van der Waals surface area (Å²) < 4.78 is 0. The molecule has 0 fully saturated rings. The van der Waals surface area contributed by atoms with Gasteiger partial charge in [-0.05, 0) is 0 Å². The molecule has 111 valence electrons. The predicted molar refractivity (Wildman–Crippen MR) is 91.7 cm³/mol. The zero-order valence-electron chi connectivity index (χ0n) is 12.7. The van der Waals surface area contributed by atoms with E-state index in [-0.39, 0.29) is 6.42 Å². The number of benzene rings is 2. The fourth-order valence-electron chi connectivity index (χ4n) is 2.27. The van der Waals surface area contributed by atoms with Gasteiger partial charge in [0.2, 0.25) is 0 Å². The number of aliphatic carboxylic acids is 1. The Morgan fingerprint density at radius 1 is 1.09 bits per heavy atom. The van der Waals surface area contributed by atoms with Crippen LogP contribution >= 0.6 is 0 Å². The molecule has 0 spiro atoms. The molecule has 0 atom stereocenters. The summed E-state index contributed by atoms with van der Waals surface area (Å²) in [5.41, 5.74) is 3.81. The Hall–Kier alpha value is -2.36. The van der Waals surface area contributed by atoms with Gasteiger partial charge in [0.15, 0.2) is 0 Å². The van der Waals surface area contributed by atoms with Gasteiger partial charge in [-0.3, -0.25) is 0 Å². The Labute approximate surface area is 132 Å². The van der Waals surface area contributed by atoms with Gasteiger partial charge in [-0.2, -0.15) is 0 Å². The Kier molecular flexibility index (Phi) is 5.53. The minimum atomic E-state index is -0.749. The van der Waals surface area contributed by atoms with E-state index in [1.807, 2.05) is 66.5 Å². The van der Waals surface area contributed by atoms with Crippen molar-refractivity contribution >= 4 is 24.7 Å². The number of anilines is 1. The maximum atomic E-state index is 10.5. The van der Waals surface area contributed by atoms with Crippen LogP contribution in [0.3, 0.4) is 0 Å². The topological polar surface area (TPSA) is 40.5 Å². The number of aryl methyl sites for hydroxylation is 1. The predicted octanol–water partition coefficient (Wildman–Crippen LogP) is 2.88. The third-order valence-electron chi connectivity index (χ3n) is 3.61. The van der Waals surface area contributed by atoms with Gasteiger partial charge in [0.05, 0.1) is 0 Å². The van der Waals surface area contributed by atoms with Crippen LogP contribution in [-0.4, -0.2) is 31.2 Å². The molecule has 0 unspecified atom stereocenters. The summed E-state index contributed by atoms with van der Waals surface area (Å²) in [4.78, 5) is 12.5. The normalized spacial score (nSPS) is 10.2. The molecule has 22 heavy (non-hydrogen) atoms. The third-order valence-corrected chi connectivity index (χ3v) is 3.61. The first-order valence-corrected chi connectivity index (χ1v) is 7.30. The van der Waals surface area contributed by atoms with Gasteiger partial charge in [0.1, 0.15) is 0 Å². The number of carbonyl (C=O) groups is 1. The number of hydrogen-bond donors (Lipinski definition) is 1. The second-order valence-corrected chi connectivity index (χ2v) is 5.22. The molecule has 2 rings (SSSR count). The molecular formula is C18H19BNO2. The van der Waals surface area contributed by atoms with E-state index in [4.69, 9.17) is 12.6 Å². The molecule has 0 aliphatic heterocycles. The van der Waals surface area contributed by atoms with E-state index in [1.165, 1.54) is 0 Å². The first-order valence-electron chi connectivity index (χ1n) is 7.30. The van der Waals surface area contributed by atoms with Crippen LogP contribution in [0.5, 0.6) is 0 Å². The van der Waals surface area contributed by atoms with E-state index in [9.17, 15) is 4.79 Å². The molecular weight excluding hydrogens is 273 g/mol. The molecule has 0 aliphatic carbocycles. The first kappa shape index (κ1) is 16.0. The van der Waals surface area contributed by atoms with Crippen molar-refractivity contribution in [3.8, 4) is 0 Å². The minimum absolute atomic E-state index is 0.205. The van der Waals surface area contributed by atoms with Crippen molar-refractivity contribution in [2.45, 2.75) is 19.3 Å². The van der Waals surface area contributed by atoms with E-state index in [0.717, 1.165) is 23.2 Å². The Balaban J connectivity index is 2.00. The molecule has 3 nitrogen and oxygen atoms in total. The molecule has 0 saturated heterocycles. The quantitative estimate of drug-likeness (QED) is 0.798. The van der Waals surface area contributed by atoms with E-state index >= 15 is 0 Å². The van der Waals surface area contributed by atoms with Crippen LogP contribution < -0.4 is 4.90 Å². The summed E-state index contributed by atoms with van der Waals surface area (Å²) in [5, 5.41) is 8.65. The second-order valence-electron chi connectivity index (χ2n) is 5.22. The van der Waals surface area contributed by atoms with Crippen molar-refractivity contribution < 1.29 is 9.90 Å². The van der Waals surface area contributed by atoms with E-state index in [0.29, 0.717) is 12.0 Å². The molecule has 0 heterocycles. The van der Waals surface area contributed by atoms with Gasteiger partial charge < -0.3 is 0 Å². The van der Waals surface area contributed by atoms with Gasteiger partial charge in [-0.1, -0.05) is 0 Å². The van der Waals surface area contributed by atoms with Crippen LogP contribution in [0.1, 0.15) is 24.0 Å². The number of rotatable bonds is 7. The molecule has 2 aromatic carbocycles. The summed E-state index contributed by atoms with van der Waals surface area (Å²) in [7, 11) is 8.13. The van der Waals surface area contributed by atoms with E-state index < -0.39 is 5.97 Å². The van der Waals surface area contributed by atoms with Crippen molar-refractivity contribution in [1.82, 2.24) is 0 Å². The molecule has 1 radical (unpaired) electrons. The van der Waals surface area contributed by atoms with Gasteiger partial charge >= 0.3 is 132 Å². The molecule has 0 bridgehead atoms. The molecule has 1 N–H and O–H groups in total. The van der Waals surface area contributed by atoms with E-state index in [2.05, 4.69) is 0 Å². The fourth-order valence-corrected chi connectivity index (χ4v) is 2.27. The molecule has 0 amide bonds. The van der Waals surface area contributed by atoms with Crippen LogP contribution in [0, 0.1) is 0 Å². The molecule has 4 heteroatoms. The summed E-state index contributed by atoms with van der Waals surface area (Å²) >= 11 is 0. The van der Waals surface area contributed by atoms with Crippen molar-refractivity contribution in [3.05, 3.63) is 65.7 Å². The summed E-state index contributed by atoms with van der Waals surface area (Å²) in [6, 6.07) is 17.9. The number of carboxylic acids is 1. The Morgan fingerprint density at radius 2 is 1.73 bits per heavy atom. The standard InChI is InChI=1S/C18H19BNO2/c1-20(18(19)15-7-3-2-4-8-15)16-12-10-14(11-13-16)6-5-9-17(21)22/h2-4,7-8,10-13H,5-6,9H2,1H3,(H,21,22). The van der Waals surface area contributed by atoms with Crippen molar-refractivity contribution in [2.24, 2.45) is 0 Å². The average molecular weight is 292 g/mol. The van der Waals surface area contributed by atoms with Gasteiger partial charge in [0, 0.05) is 0 Å². The van der Waals surface area contributed by atoms with Crippen LogP contribution in [0.4, 0.5) is 5.69 Å². The average Bonchev–Trinajstić information content (AvgIpc) is 2.54. The summed E-state index contributed by atoms with van der Waals surface area (Å²) in [5.74, 6) is -0.749. The van der Waals surface area contributed by atoms with Crippen molar-refractivity contribution in [1.29, 1.82) is 0 Å². The van der Waals surface area contributed by atoms with Crippen LogP contribution in [0.25, 0.3) is 0 Å². The maximum absolute atomic E-state index is 10.5. The Morgan fingerprint density at radius 3 is 2.32 bits per heavy atom. The summed E-state index contributed by atoms with van der Waals surface area (Å²) in [6.45, 7) is 0.